The number of amides is 2. The number of nitrogens with two attached hydrogens (primary N) is 2. The SMILES string of the molecule is C[C@H]1CCCN(C(=O)CCOc2cccc(C(N)=O)c2)[C@@H]1CN. The van der Waals surface area contributed by atoms with Crippen LogP contribution in [0.25, 0.3) is 0 Å². The lowest BCUT2D eigenvalue weighted by Gasteiger charge is -2.39. The topological polar surface area (TPSA) is 98.6 Å². The Morgan fingerprint density at radius 3 is 2.87 bits per heavy atom. The van der Waals surface area contributed by atoms with Crippen molar-refractivity contribution in [2.75, 3.05) is 19.7 Å². The van der Waals surface area contributed by atoms with Gasteiger partial charge in [-0.15, -0.1) is 0 Å². The minimum absolute atomic E-state index is 0.0676. The van der Waals surface area contributed by atoms with E-state index in [1.165, 1.54) is 0 Å². The number of nitrogens with zero attached hydrogens (tertiary/aromatic N) is 1. The predicted octanol–water partition coefficient (Wildman–Crippen LogP) is 1.14. The molecule has 1 aromatic carbocycles. The second-order valence-electron chi connectivity index (χ2n) is 6.00. The zero-order valence-electron chi connectivity index (χ0n) is 13.5. The number of primary amides is 1. The summed E-state index contributed by atoms with van der Waals surface area (Å²) in [6.07, 6.45) is 2.43. The molecule has 23 heavy (non-hydrogen) atoms. The fourth-order valence-electron chi connectivity index (χ4n) is 3.06. The summed E-state index contributed by atoms with van der Waals surface area (Å²) in [5, 5.41) is 0. The van der Waals surface area contributed by atoms with Gasteiger partial charge in [0.1, 0.15) is 5.75 Å². The number of carbonyl (C=O) groups excluding carboxylic acids is 2. The Hall–Kier alpha value is -2.08. The molecule has 0 unspecified atom stereocenters. The average Bonchev–Trinajstić information content (AvgIpc) is 2.54. The molecule has 2 amide bonds. The average molecular weight is 319 g/mol. The van der Waals surface area contributed by atoms with Crippen LogP contribution in [0.15, 0.2) is 24.3 Å². The molecule has 1 saturated heterocycles. The maximum atomic E-state index is 12.4. The van der Waals surface area contributed by atoms with Crippen molar-refractivity contribution in [1.82, 2.24) is 4.90 Å². The number of carbonyl (C=O) groups is 2. The monoisotopic (exact) mass is 319 g/mol. The molecule has 0 bridgehead atoms. The molecule has 4 N–H and O–H groups in total. The summed E-state index contributed by atoms with van der Waals surface area (Å²) < 4.78 is 5.57. The molecule has 0 radical (unpaired) electrons. The molecule has 2 atom stereocenters. The molecule has 6 heteroatoms. The maximum absolute atomic E-state index is 12.4. The molecule has 2 rings (SSSR count). The summed E-state index contributed by atoms with van der Waals surface area (Å²) in [6, 6.07) is 6.77. The van der Waals surface area contributed by atoms with Crippen molar-refractivity contribution in [2.24, 2.45) is 17.4 Å². The van der Waals surface area contributed by atoms with Crippen molar-refractivity contribution >= 4 is 11.8 Å². The molecular formula is C17H25N3O3. The van der Waals surface area contributed by atoms with Crippen LogP contribution in [-0.4, -0.2) is 42.5 Å². The molecule has 1 heterocycles. The lowest BCUT2D eigenvalue weighted by atomic mass is 9.90. The third-order valence-corrected chi connectivity index (χ3v) is 4.38. The van der Waals surface area contributed by atoms with Gasteiger partial charge in [-0.25, -0.2) is 0 Å². The van der Waals surface area contributed by atoms with Crippen LogP contribution in [0.5, 0.6) is 5.75 Å². The summed E-state index contributed by atoms with van der Waals surface area (Å²) >= 11 is 0. The van der Waals surface area contributed by atoms with Crippen LogP contribution in [0, 0.1) is 5.92 Å². The number of piperidine rings is 1. The number of hydrogen-bond donors (Lipinski definition) is 2. The van der Waals surface area contributed by atoms with Crippen LogP contribution in [0.1, 0.15) is 36.5 Å². The van der Waals surface area contributed by atoms with Gasteiger partial charge in [-0.1, -0.05) is 13.0 Å². The van der Waals surface area contributed by atoms with Crippen LogP contribution in [0.2, 0.25) is 0 Å². The van der Waals surface area contributed by atoms with Crippen molar-refractivity contribution in [2.45, 2.75) is 32.2 Å². The van der Waals surface area contributed by atoms with Gasteiger partial charge in [0.2, 0.25) is 11.8 Å². The normalized spacial score (nSPS) is 21.0. The Balaban J connectivity index is 1.87. The highest BCUT2D eigenvalue weighted by Gasteiger charge is 2.30. The van der Waals surface area contributed by atoms with Gasteiger partial charge >= 0.3 is 0 Å². The van der Waals surface area contributed by atoms with Crippen molar-refractivity contribution in [3.8, 4) is 5.75 Å². The lowest BCUT2D eigenvalue weighted by molar-refractivity contribution is -0.136. The molecule has 1 aliphatic heterocycles. The number of benzene rings is 1. The molecule has 0 saturated carbocycles. The third kappa shape index (κ3) is 4.45. The lowest BCUT2D eigenvalue weighted by Crippen LogP contribution is -2.51. The highest BCUT2D eigenvalue weighted by atomic mass is 16.5. The molecular weight excluding hydrogens is 294 g/mol. The quantitative estimate of drug-likeness (QED) is 0.821. The second kappa shape index (κ2) is 7.97. The van der Waals surface area contributed by atoms with Gasteiger partial charge < -0.3 is 21.1 Å². The van der Waals surface area contributed by atoms with E-state index in [2.05, 4.69) is 6.92 Å². The fourth-order valence-corrected chi connectivity index (χ4v) is 3.06. The first-order valence-electron chi connectivity index (χ1n) is 8.05. The maximum Gasteiger partial charge on any atom is 0.248 e. The second-order valence-corrected chi connectivity index (χ2v) is 6.00. The molecule has 0 spiro atoms. The zero-order chi connectivity index (χ0) is 16.8. The highest BCUT2D eigenvalue weighted by molar-refractivity contribution is 5.93. The number of ether oxygens (including phenoxy) is 1. The molecule has 0 aliphatic carbocycles. The van der Waals surface area contributed by atoms with Crippen LogP contribution in [-0.2, 0) is 4.79 Å². The Kier molecular flexibility index (Phi) is 5.98. The molecule has 0 aromatic heterocycles. The molecule has 1 aromatic rings. The van der Waals surface area contributed by atoms with E-state index in [0.29, 0.717) is 30.2 Å². The summed E-state index contributed by atoms with van der Waals surface area (Å²) in [5.41, 5.74) is 11.4. The summed E-state index contributed by atoms with van der Waals surface area (Å²) in [7, 11) is 0. The van der Waals surface area contributed by atoms with E-state index in [1.54, 1.807) is 24.3 Å². The van der Waals surface area contributed by atoms with E-state index >= 15 is 0 Å². The standard InChI is InChI=1S/C17H25N3O3/c1-12-4-3-8-20(15(12)11-18)16(21)7-9-23-14-6-2-5-13(10-14)17(19)22/h2,5-6,10,12,15H,3-4,7-9,11,18H2,1H3,(H2,19,22)/t12-,15+/m0/s1. The van der Waals surface area contributed by atoms with Crippen LogP contribution >= 0.6 is 0 Å². The minimum atomic E-state index is -0.500. The zero-order valence-corrected chi connectivity index (χ0v) is 13.5. The van der Waals surface area contributed by atoms with Crippen LogP contribution in [0.3, 0.4) is 0 Å². The number of hydrogen-bond acceptors (Lipinski definition) is 4. The Morgan fingerprint density at radius 2 is 2.17 bits per heavy atom. The predicted molar refractivity (Wildman–Crippen MR) is 88.0 cm³/mol. The minimum Gasteiger partial charge on any atom is -0.493 e. The molecule has 126 valence electrons. The van der Waals surface area contributed by atoms with Gasteiger partial charge in [0, 0.05) is 24.7 Å². The van der Waals surface area contributed by atoms with E-state index in [1.807, 2.05) is 4.90 Å². The van der Waals surface area contributed by atoms with Gasteiger partial charge in [0.15, 0.2) is 0 Å². The van der Waals surface area contributed by atoms with E-state index in [4.69, 9.17) is 16.2 Å². The van der Waals surface area contributed by atoms with Gasteiger partial charge in [-0.05, 0) is 37.0 Å². The van der Waals surface area contributed by atoms with Crippen molar-refractivity contribution < 1.29 is 14.3 Å². The van der Waals surface area contributed by atoms with Crippen LogP contribution < -0.4 is 16.2 Å². The van der Waals surface area contributed by atoms with E-state index in [0.717, 1.165) is 19.4 Å². The van der Waals surface area contributed by atoms with Gasteiger partial charge in [0.05, 0.1) is 13.0 Å². The Labute approximate surface area is 136 Å². The van der Waals surface area contributed by atoms with E-state index in [9.17, 15) is 9.59 Å². The first kappa shape index (κ1) is 17.3. The molecule has 1 aliphatic rings. The van der Waals surface area contributed by atoms with Gasteiger partial charge in [-0.2, -0.15) is 0 Å². The summed E-state index contributed by atoms with van der Waals surface area (Å²) in [6.45, 7) is 3.67. The van der Waals surface area contributed by atoms with Gasteiger partial charge in [0.25, 0.3) is 0 Å². The van der Waals surface area contributed by atoms with E-state index < -0.39 is 5.91 Å². The largest absolute Gasteiger partial charge is 0.493 e. The number of likely N-dealkylation sites (tertiary alicyclic amines) is 1. The molecule has 6 nitrogen and oxygen atoms in total. The van der Waals surface area contributed by atoms with Crippen molar-refractivity contribution in [3.63, 3.8) is 0 Å². The first-order chi connectivity index (χ1) is 11.0. The smallest absolute Gasteiger partial charge is 0.248 e. The first-order valence-corrected chi connectivity index (χ1v) is 8.05. The van der Waals surface area contributed by atoms with Gasteiger partial charge in [-0.3, -0.25) is 9.59 Å². The highest BCUT2D eigenvalue weighted by Crippen LogP contribution is 2.23. The Morgan fingerprint density at radius 1 is 1.39 bits per heavy atom. The van der Waals surface area contributed by atoms with Crippen molar-refractivity contribution in [3.05, 3.63) is 29.8 Å². The Bertz CT molecular complexity index is 562. The van der Waals surface area contributed by atoms with Crippen LogP contribution in [0.4, 0.5) is 0 Å². The number of rotatable bonds is 6. The molecule has 1 fully saturated rings. The summed E-state index contributed by atoms with van der Waals surface area (Å²) in [4.78, 5) is 25.4. The van der Waals surface area contributed by atoms with Crippen molar-refractivity contribution in [1.29, 1.82) is 0 Å². The fraction of sp³-hybridized carbons (Fsp3) is 0.529. The van der Waals surface area contributed by atoms with E-state index in [-0.39, 0.29) is 18.6 Å². The summed E-state index contributed by atoms with van der Waals surface area (Å²) in [5.74, 6) is 0.542. The third-order valence-electron chi connectivity index (χ3n) is 4.38.